The first-order valence-corrected chi connectivity index (χ1v) is 9.02. The van der Waals surface area contributed by atoms with E-state index < -0.39 is 0 Å². The Hall–Kier alpha value is -1.79. The lowest BCUT2D eigenvalue weighted by molar-refractivity contribution is 0.0686. The third-order valence-electron chi connectivity index (χ3n) is 5.10. The molecule has 1 atom stereocenters. The fourth-order valence-electron chi connectivity index (χ4n) is 3.69. The molecule has 2 fully saturated rings. The van der Waals surface area contributed by atoms with E-state index in [0.717, 1.165) is 32.4 Å². The molecule has 5 nitrogen and oxygen atoms in total. The van der Waals surface area contributed by atoms with Crippen LogP contribution >= 0.6 is 11.3 Å². The Balaban J connectivity index is 1.58. The number of piperidine rings is 1. The van der Waals surface area contributed by atoms with Gasteiger partial charge in [0.25, 0.3) is 5.91 Å². The molecule has 1 aliphatic heterocycles. The monoisotopic (exact) mass is 328 g/mol. The Morgan fingerprint density at radius 1 is 1.39 bits per heavy atom. The van der Waals surface area contributed by atoms with Gasteiger partial charge in [-0.05, 0) is 60.2 Å². The maximum atomic E-state index is 13.0. The highest BCUT2D eigenvalue weighted by Gasteiger charge is 2.57. The second-order valence-corrected chi connectivity index (χ2v) is 7.27. The van der Waals surface area contributed by atoms with Crippen LogP contribution < -0.4 is 5.32 Å². The summed E-state index contributed by atoms with van der Waals surface area (Å²) in [5, 5.41) is 7.60. The largest absolute Gasteiger partial charge is 0.329 e. The summed E-state index contributed by atoms with van der Waals surface area (Å²) < 4.78 is 0. The van der Waals surface area contributed by atoms with Gasteiger partial charge in [0.2, 0.25) is 0 Å². The number of thiophene rings is 1. The lowest BCUT2D eigenvalue weighted by Crippen LogP contribution is -2.39. The maximum absolute atomic E-state index is 13.0. The molecule has 23 heavy (non-hydrogen) atoms. The van der Waals surface area contributed by atoms with Gasteiger partial charge < -0.3 is 10.2 Å². The van der Waals surface area contributed by atoms with Crippen molar-refractivity contribution in [3.8, 4) is 0 Å². The van der Waals surface area contributed by atoms with E-state index in [2.05, 4.69) is 32.1 Å². The van der Waals surface area contributed by atoms with Crippen LogP contribution in [0.1, 0.15) is 35.3 Å². The van der Waals surface area contributed by atoms with Crippen molar-refractivity contribution in [3.05, 3.63) is 46.7 Å². The first-order chi connectivity index (χ1) is 11.3. The highest BCUT2D eigenvalue weighted by molar-refractivity contribution is 7.07. The smallest absolute Gasteiger partial charge is 0.274 e. The Labute approximate surface area is 139 Å². The molecule has 120 valence electrons. The first-order valence-electron chi connectivity index (χ1n) is 8.07. The molecule has 1 saturated carbocycles. The van der Waals surface area contributed by atoms with Gasteiger partial charge in [-0.3, -0.25) is 9.78 Å². The summed E-state index contributed by atoms with van der Waals surface area (Å²) in [7, 11) is 0. The van der Waals surface area contributed by atoms with Crippen molar-refractivity contribution in [3.63, 3.8) is 0 Å². The minimum Gasteiger partial charge on any atom is -0.329 e. The van der Waals surface area contributed by atoms with Gasteiger partial charge in [0.15, 0.2) is 0 Å². The average molecular weight is 328 g/mol. The second-order valence-electron chi connectivity index (χ2n) is 6.49. The molecule has 3 heterocycles. The van der Waals surface area contributed by atoms with Crippen LogP contribution in [0.4, 0.5) is 0 Å². The van der Waals surface area contributed by atoms with Gasteiger partial charge in [-0.2, -0.15) is 11.3 Å². The van der Waals surface area contributed by atoms with Gasteiger partial charge in [0, 0.05) is 25.0 Å². The molecule has 1 saturated heterocycles. The van der Waals surface area contributed by atoms with Gasteiger partial charge in [0.1, 0.15) is 5.69 Å². The van der Waals surface area contributed by atoms with E-state index in [1.54, 1.807) is 29.9 Å². The summed E-state index contributed by atoms with van der Waals surface area (Å²) >= 11 is 1.67. The van der Waals surface area contributed by atoms with Crippen LogP contribution in [0.5, 0.6) is 0 Å². The van der Waals surface area contributed by atoms with Crippen LogP contribution in [-0.4, -0.2) is 39.9 Å². The number of carbonyl (C=O) groups excluding carboxylic acids is 1. The molecule has 6 heteroatoms. The summed E-state index contributed by atoms with van der Waals surface area (Å²) in [6, 6.07) is 2.43. The normalized spacial score (nSPS) is 22.0. The minimum atomic E-state index is 0.00436. The first kappa shape index (κ1) is 14.8. The van der Waals surface area contributed by atoms with Gasteiger partial charge in [0.05, 0.1) is 6.20 Å². The van der Waals surface area contributed by atoms with Crippen molar-refractivity contribution < 1.29 is 4.79 Å². The molecule has 1 spiro atoms. The number of nitrogens with zero attached hydrogens (tertiary/aromatic N) is 3. The van der Waals surface area contributed by atoms with Gasteiger partial charge >= 0.3 is 0 Å². The summed E-state index contributed by atoms with van der Waals surface area (Å²) in [5.41, 5.74) is 1.96. The molecule has 1 N–H and O–H groups in total. The highest BCUT2D eigenvalue weighted by Crippen LogP contribution is 2.56. The third-order valence-corrected chi connectivity index (χ3v) is 5.83. The lowest BCUT2D eigenvalue weighted by Gasteiger charge is -2.29. The topological polar surface area (TPSA) is 58.1 Å². The average Bonchev–Trinajstić information content (AvgIpc) is 3.04. The van der Waals surface area contributed by atoms with Gasteiger partial charge in [-0.25, -0.2) is 4.98 Å². The summed E-state index contributed by atoms with van der Waals surface area (Å²) in [6.45, 7) is 2.78. The Bertz CT molecular complexity index is 667. The number of amides is 1. The van der Waals surface area contributed by atoms with E-state index in [1.165, 1.54) is 5.56 Å². The fourth-order valence-corrected chi connectivity index (χ4v) is 4.35. The fraction of sp³-hybridized carbons (Fsp3) is 0.471. The molecular weight excluding hydrogens is 308 g/mol. The number of rotatable bonds is 4. The summed E-state index contributed by atoms with van der Waals surface area (Å²) in [4.78, 5) is 23.3. The second kappa shape index (κ2) is 6.02. The number of hydrogen-bond donors (Lipinski definition) is 1. The third kappa shape index (κ3) is 2.88. The van der Waals surface area contributed by atoms with Crippen LogP contribution in [0.15, 0.2) is 35.4 Å². The van der Waals surface area contributed by atoms with E-state index >= 15 is 0 Å². The van der Waals surface area contributed by atoms with Crippen LogP contribution in [0, 0.1) is 5.41 Å². The molecule has 2 aromatic heterocycles. The molecule has 1 unspecified atom stereocenters. The molecule has 2 aliphatic rings. The zero-order chi connectivity index (χ0) is 15.7. The molecule has 0 radical (unpaired) electrons. The number of hydrogen-bond acceptors (Lipinski definition) is 5. The van der Waals surface area contributed by atoms with Crippen LogP contribution in [-0.2, 0) is 6.54 Å². The predicted molar refractivity (Wildman–Crippen MR) is 89.2 cm³/mol. The summed E-state index contributed by atoms with van der Waals surface area (Å²) in [5.74, 6) is 0.00436. The van der Waals surface area contributed by atoms with E-state index in [0.29, 0.717) is 23.7 Å². The van der Waals surface area contributed by atoms with Crippen molar-refractivity contribution in [1.29, 1.82) is 0 Å². The zero-order valence-electron chi connectivity index (χ0n) is 12.9. The van der Waals surface area contributed by atoms with E-state index in [-0.39, 0.29) is 5.91 Å². The van der Waals surface area contributed by atoms with Crippen molar-refractivity contribution in [2.24, 2.45) is 5.41 Å². The zero-order valence-corrected chi connectivity index (χ0v) is 13.8. The van der Waals surface area contributed by atoms with Gasteiger partial charge in [-0.1, -0.05) is 0 Å². The van der Waals surface area contributed by atoms with E-state index in [1.807, 2.05) is 4.90 Å². The predicted octanol–water partition coefficient (Wildman–Crippen LogP) is 2.32. The highest BCUT2D eigenvalue weighted by atomic mass is 32.1. The van der Waals surface area contributed by atoms with E-state index in [4.69, 9.17) is 0 Å². The van der Waals surface area contributed by atoms with Crippen molar-refractivity contribution in [1.82, 2.24) is 20.2 Å². The van der Waals surface area contributed by atoms with Crippen molar-refractivity contribution in [2.45, 2.75) is 31.8 Å². The number of nitrogens with one attached hydrogen (secondary N) is 1. The molecule has 1 aliphatic carbocycles. The lowest BCUT2D eigenvalue weighted by atomic mass is 9.93. The molecule has 0 bridgehead atoms. The summed E-state index contributed by atoms with van der Waals surface area (Å²) in [6.07, 6.45) is 8.19. The van der Waals surface area contributed by atoms with Crippen LogP contribution in [0.25, 0.3) is 0 Å². The quantitative estimate of drug-likeness (QED) is 0.936. The Morgan fingerprint density at radius 2 is 2.26 bits per heavy atom. The van der Waals surface area contributed by atoms with Crippen LogP contribution in [0.2, 0.25) is 0 Å². The van der Waals surface area contributed by atoms with Crippen molar-refractivity contribution in [2.75, 3.05) is 13.1 Å². The number of carbonyl (C=O) groups is 1. The maximum Gasteiger partial charge on any atom is 0.274 e. The van der Waals surface area contributed by atoms with Gasteiger partial charge in [-0.15, -0.1) is 0 Å². The molecule has 1 amide bonds. The van der Waals surface area contributed by atoms with E-state index in [9.17, 15) is 4.79 Å². The Morgan fingerprint density at radius 3 is 2.96 bits per heavy atom. The van der Waals surface area contributed by atoms with Crippen molar-refractivity contribution >= 4 is 17.2 Å². The molecule has 4 rings (SSSR count). The Kier molecular flexibility index (Phi) is 3.87. The minimum absolute atomic E-state index is 0.00436. The molecule has 2 aromatic rings. The standard InChI is InChI=1S/C17H20N4OS/c22-16(14-10-19-6-7-20-14)21(11-13-1-8-23-12-13)15-9-17(15)2-4-18-5-3-17/h1,6-8,10,12,15,18H,2-5,9,11H2. The molecular formula is C17H20N4OS. The van der Waals surface area contributed by atoms with Crippen LogP contribution in [0.3, 0.4) is 0 Å². The SMILES string of the molecule is O=C(c1cnccn1)N(Cc1ccsc1)C1CC12CCNCC2. The molecule has 0 aromatic carbocycles. The number of aromatic nitrogens is 2.